The summed E-state index contributed by atoms with van der Waals surface area (Å²) in [4.78, 5) is 17.0. The lowest BCUT2D eigenvalue weighted by Gasteiger charge is -2.06. The van der Waals surface area contributed by atoms with Gasteiger partial charge in [0, 0.05) is 17.2 Å². The Morgan fingerprint density at radius 2 is 1.79 bits per heavy atom. The number of halogens is 1. The van der Waals surface area contributed by atoms with Crippen LogP contribution in [0.25, 0.3) is 40.0 Å². The quantitative estimate of drug-likeness (QED) is 0.281. The van der Waals surface area contributed by atoms with Gasteiger partial charge in [-0.3, -0.25) is 4.79 Å². The highest BCUT2D eigenvalue weighted by Crippen LogP contribution is 2.31. The van der Waals surface area contributed by atoms with Crippen molar-refractivity contribution in [3.05, 3.63) is 101 Å². The topological polar surface area (TPSA) is 68.3 Å². The summed E-state index contributed by atoms with van der Waals surface area (Å²) in [7, 11) is 0. The van der Waals surface area contributed by atoms with Crippen LogP contribution < -0.4 is 5.32 Å². The van der Waals surface area contributed by atoms with Crippen LogP contribution in [0.1, 0.15) is 11.3 Å². The number of furan rings is 1. The van der Waals surface area contributed by atoms with Crippen LogP contribution in [0.15, 0.2) is 93.8 Å². The smallest absolute Gasteiger partial charge is 0.248 e. The number of anilines is 1. The molecular formula is C27H19ClN2O3. The van der Waals surface area contributed by atoms with E-state index in [1.54, 1.807) is 24.3 Å². The Morgan fingerprint density at radius 3 is 2.64 bits per heavy atom. The van der Waals surface area contributed by atoms with Gasteiger partial charge in [-0.2, -0.15) is 0 Å². The zero-order valence-corrected chi connectivity index (χ0v) is 18.5. The first kappa shape index (κ1) is 20.8. The number of benzene rings is 3. The van der Waals surface area contributed by atoms with Crippen molar-refractivity contribution < 1.29 is 13.6 Å². The van der Waals surface area contributed by atoms with Crippen LogP contribution in [-0.2, 0) is 4.79 Å². The maximum absolute atomic E-state index is 12.5. The summed E-state index contributed by atoms with van der Waals surface area (Å²) in [6.07, 6.45) is 3.02. The fourth-order valence-corrected chi connectivity index (χ4v) is 3.61. The van der Waals surface area contributed by atoms with Crippen LogP contribution in [0.4, 0.5) is 5.69 Å². The van der Waals surface area contributed by atoms with E-state index >= 15 is 0 Å². The molecule has 1 amide bonds. The van der Waals surface area contributed by atoms with Crippen LogP contribution in [-0.4, -0.2) is 10.9 Å². The largest absolute Gasteiger partial charge is 0.457 e. The molecule has 0 saturated heterocycles. The van der Waals surface area contributed by atoms with Gasteiger partial charge in [-0.1, -0.05) is 48.0 Å². The van der Waals surface area contributed by atoms with Gasteiger partial charge in [0.05, 0.1) is 10.7 Å². The summed E-state index contributed by atoms with van der Waals surface area (Å²) in [5.41, 5.74) is 4.72. The number of nitrogens with one attached hydrogen (secondary N) is 1. The number of aryl methyl sites for hydroxylation is 1. The van der Waals surface area contributed by atoms with Crippen molar-refractivity contribution in [3.8, 4) is 22.8 Å². The number of hydrogen-bond donors (Lipinski definition) is 1. The SMILES string of the molecule is Cc1ccc2nc(-c3ccc(Cl)c(NC(=O)/C=C/c4ccc(-c5ccccc5)o4)c3)oc2c1. The van der Waals surface area contributed by atoms with E-state index in [1.165, 1.54) is 6.08 Å². The minimum atomic E-state index is -0.333. The van der Waals surface area contributed by atoms with E-state index in [0.29, 0.717) is 33.5 Å². The third kappa shape index (κ3) is 4.59. The first-order chi connectivity index (χ1) is 16.0. The summed E-state index contributed by atoms with van der Waals surface area (Å²) < 4.78 is 11.7. The molecule has 0 aliphatic carbocycles. The van der Waals surface area contributed by atoms with Gasteiger partial charge in [0.25, 0.3) is 0 Å². The number of carbonyl (C=O) groups excluding carboxylic acids is 1. The molecule has 0 bridgehead atoms. The summed E-state index contributed by atoms with van der Waals surface area (Å²) in [6, 6.07) is 24.5. The number of nitrogens with zero attached hydrogens (tertiary/aromatic N) is 1. The monoisotopic (exact) mass is 454 g/mol. The average Bonchev–Trinajstić information content (AvgIpc) is 3.47. The van der Waals surface area contributed by atoms with E-state index in [4.69, 9.17) is 20.4 Å². The van der Waals surface area contributed by atoms with Gasteiger partial charge < -0.3 is 14.2 Å². The molecule has 0 spiro atoms. The van der Waals surface area contributed by atoms with Crippen LogP contribution in [0.5, 0.6) is 0 Å². The van der Waals surface area contributed by atoms with Crippen molar-refractivity contribution in [1.82, 2.24) is 4.98 Å². The highest BCUT2D eigenvalue weighted by Gasteiger charge is 2.12. The molecule has 0 atom stereocenters. The second-order valence-electron chi connectivity index (χ2n) is 7.58. The molecule has 0 aliphatic heterocycles. The van der Waals surface area contributed by atoms with Crippen molar-refractivity contribution in [1.29, 1.82) is 0 Å². The molecule has 0 radical (unpaired) electrons. The molecule has 0 unspecified atom stereocenters. The predicted octanol–water partition coefficient (Wildman–Crippen LogP) is 7.37. The Morgan fingerprint density at radius 1 is 0.939 bits per heavy atom. The predicted molar refractivity (Wildman–Crippen MR) is 131 cm³/mol. The fourth-order valence-electron chi connectivity index (χ4n) is 3.44. The third-order valence-corrected chi connectivity index (χ3v) is 5.43. The van der Waals surface area contributed by atoms with Gasteiger partial charge in [-0.15, -0.1) is 0 Å². The maximum atomic E-state index is 12.5. The van der Waals surface area contributed by atoms with Crippen molar-refractivity contribution in [3.63, 3.8) is 0 Å². The van der Waals surface area contributed by atoms with Crippen molar-refractivity contribution in [2.75, 3.05) is 5.32 Å². The molecule has 0 saturated carbocycles. The Balaban J connectivity index is 1.32. The maximum Gasteiger partial charge on any atom is 0.248 e. The van der Waals surface area contributed by atoms with Gasteiger partial charge in [-0.25, -0.2) is 4.98 Å². The number of amides is 1. The second-order valence-corrected chi connectivity index (χ2v) is 7.98. The molecule has 6 heteroatoms. The molecule has 2 heterocycles. The van der Waals surface area contributed by atoms with Gasteiger partial charge in [0.2, 0.25) is 11.8 Å². The number of carbonyl (C=O) groups is 1. The Hall–Kier alpha value is -4.09. The fraction of sp³-hybridized carbons (Fsp3) is 0.0370. The molecule has 2 aromatic heterocycles. The van der Waals surface area contributed by atoms with E-state index in [9.17, 15) is 4.79 Å². The highest BCUT2D eigenvalue weighted by atomic mass is 35.5. The first-order valence-electron chi connectivity index (χ1n) is 10.4. The first-order valence-corrected chi connectivity index (χ1v) is 10.7. The van der Waals surface area contributed by atoms with Crippen molar-refractivity contribution in [2.24, 2.45) is 0 Å². The minimum absolute atomic E-state index is 0.333. The summed E-state index contributed by atoms with van der Waals surface area (Å²) in [5, 5.41) is 3.22. The van der Waals surface area contributed by atoms with E-state index < -0.39 is 0 Å². The van der Waals surface area contributed by atoms with Crippen LogP contribution >= 0.6 is 11.6 Å². The van der Waals surface area contributed by atoms with Gasteiger partial charge >= 0.3 is 0 Å². The number of hydrogen-bond acceptors (Lipinski definition) is 4. The Labute approximate surface area is 195 Å². The molecule has 0 aliphatic rings. The van der Waals surface area contributed by atoms with E-state index in [0.717, 1.165) is 22.4 Å². The Kier molecular flexibility index (Phi) is 5.55. The number of rotatable bonds is 5. The molecular weight excluding hydrogens is 436 g/mol. The zero-order valence-electron chi connectivity index (χ0n) is 17.7. The highest BCUT2D eigenvalue weighted by molar-refractivity contribution is 6.34. The summed E-state index contributed by atoms with van der Waals surface area (Å²) in [6.45, 7) is 2.00. The lowest BCUT2D eigenvalue weighted by atomic mass is 10.2. The molecule has 5 rings (SSSR count). The summed E-state index contributed by atoms with van der Waals surface area (Å²) in [5.74, 6) is 1.44. The molecule has 1 N–H and O–H groups in total. The van der Waals surface area contributed by atoms with Crippen molar-refractivity contribution in [2.45, 2.75) is 6.92 Å². The zero-order chi connectivity index (χ0) is 22.8. The standard InChI is InChI=1S/C27H19ClN2O3/c1-17-7-12-22-25(15-17)33-27(30-22)19-8-11-21(28)23(16-19)29-26(31)14-10-20-9-13-24(32-20)18-5-3-2-4-6-18/h2-16H,1H3,(H,29,31)/b14-10+. The van der Waals surface area contributed by atoms with Gasteiger partial charge in [0.15, 0.2) is 5.58 Å². The number of aromatic nitrogens is 1. The van der Waals surface area contributed by atoms with Gasteiger partial charge in [0.1, 0.15) is 17.0 Å². The van der Waals surface area contributed by atoms with E-state index in [-0.39, 0.29) is 5.91 Å². The molecule has 5 nitrogen and oxygen atoms in total. The molecule has 3 aromatic carbocycles. The second kappa shape index (κ2) is 8.81. The Bertz CT molecular complexity index is 1480. The lowest BCUT2D eigenvalue weighted by Crippen LogP contribution is -2.08. The van der Waals surface area contributed by atoms with Crippen LogP contribution in [0.3, 0.4) is 0 Å². The van der Waals surface area contributed by atoms with Crippen molar-refractivity contribution >= 4 is 40.4 Å². The van der Waals surface area contributed by atoms with Gasteiger partial charge in [-0.05, 0) is 61.0 Å². The van der Waals surface area contributed by atoms with E-state index in [2.05, 4.69) is 10.3 Å². The van der Waals surface area contributed by atoms with Crippen LogP contribution in [0, 0.1) is 6.92 Å². The molecule has 33 heavy (non-hydrogen) atoms. The lowest BCUT2D eigenvalue weighted by molar-refractivity contribution is -0.111. The molecule has 162 valence electrons. The normalized spacial score (nSPS) is 11.3. The number of oxazole rings is 1. The summed E-state index contributed by atoms with van der Waals surface area (Å²) >= 11 is 6.31. The van der Waals surface area contributed by atoms with E-state index in [1.807, 2.05) is 67.6 Å². The molecule has 5 aromatic rings. The molecule has 0 fully saturated rings. The number of fused-ring (bicyclic) bond motifs is 1. The van der Waals surface area contributed by atoms with Crippen LogP contribution in [0.2, 0.25) is 5.02 Å². The average molecular weight is 455 g/mol. The minimum Gasteiger partial charge on any atom is -0.457 e. The third-order valence-electron chi connectivity index (χ3n) is 5.10.